The molecule has 0 spiro atoms. The molecule has 3 nitrogen and oxygen atoms in total. The van der Waals surface area contributed by atoms with Gasteiger partial charge in [0.05, 0.1) is 13.2 Å². The van der Waals surface area contributed by atoms with E-state index in [1.54, 1.807) is 0 Å². The summed E-state index contributed by atoms with van der Waals surface area (Å²) in [7, 11) is 0. The summed E-state index contributed by atoms with van der Waals surface area (Å²) in [6, 6.07) is 0.254. The minimum absolute atomic E-state index is 0.254. The molecule has 16 heavy (non-hydrogen) atoms. The summed E-state index contributed by atoms with van der Waals surface area (Å²) in [4.78, 5) is 2.57. The Morgan fingerprint density at radius 1 is 1.38 bits per heavy atom. The van der Waals surface area contributed by atoms with Crippen molar-refractivity contribution in [3.63, 3.8) is 0 Å². The topological polar surface area (TPSA) is 38.5 Å². The Morgan fingerprint density at radius 2 is 2.19 bits per heavy atom. The van der Waals surface area contributed by atoms with Crippen LogP contribution < -0.4 is 5.73 Å². The van der Waals surface area contributed by atoms with E-state index in [4.69, 9.17) is 10.5 Å². The van der Waals surface area contributed by atoms with E-state index in [1.807, 2.05) is 0 Å². The van der Waals surface area contributed by atoms with Crippen LogP contribution in [0.2, 0.25) is 0 Å². The zero-order valence-electron chi connectivity index (χ0n) is 10.4. The van der Waals surface area contributed by atoms with Gasteiger partial charge in [-0.3, -0.25) is 0 Å². The van der Waals surface area contributed by atoms with Gasteiger partial charge in [0.2, 0.25) is 0 Å². The fourth-order valence-electron chi connectivity index (χ4n) is 2.38. The van der Waals surface area contributed by atoms with Crippen LogP contribution in [0.4, 0.5) is 0 Å². The molecule has 2 saturated heterocycles. The SMILES string of the molecule is CC1(C)CCN(CC2COCC2N)CCS1. The minimum Gasteiger partial charge on any atom is -0.379 e. The summed E-state index contributed by atoms with van der Waals surface area (Å²) in [5.41, 5.74) is 6.03. The van der Waals surface area contributed by atoms with Crippen molar-refractivity contribution >= 4 is 11.8 Å². The Hall–Kier alpha value is 0.230. The van der Waals surface area contributed by atoms with Gasteiger partial charge in [-0.2, -0.15) is 11.8 Å². The summed E-state index contributed by atoms with van der Waals surface area (Å²) in [5.74, 6) is 1.79. The van der Waals surface area contributed by atoms with Crippen molar-refractivity contribution < 1.29 is 4.74 Å². The molecule has 2 atom stereocenters. The van der Waals surface area contributed by atoms with E-state index in [0.717, 1.165) is 19.8 Å². The van der Waals surface area contributed by atoms with Gasteiger partial charge in [0.1, 0.15) is 0 Å². The number of ether oxygens (including phenoxy) is 1. The molecule has 2 unspecified atom stereocenters. The molecule has 0 aliphatic carbocycles. The Balaban J connectivity index is 1.81. The fourth-order valence-corrected chi connectivity index (χ4v) is 3.52. The van der Waals surface area contributed by atoms with Crippen molar-refractivity contribution in [3.05, 3.63) is 0 Å². The first-order valence-corrected chi connectivity index (χ1v) is 7.25. The van der Waals surface area contributed by atoms with Crippen LogP contribution in [0.5, 0.6) is 0 Å². The van der Waals surface area contributed by atoms with Gasteiger partial charge in [0.15, 0.2) is 0 Å². The lowest BCUT2D eigenvalue weighted by molar-refractivity contribution is 0.168. The summed E-state index contributed by atoms with van der Waals surface area (Å²) in [5, 5.41) is 0. The smallest absolute Gasteiger partial charge is 0.0621 e. The van der Waals surface area contributed by atoms with Crippen LogP contribution in [-0.4, -0.2) is 54.3 Å². The third-order valence-electron chi connectivity index (χ3n) is 3.67. The summed E-state index contributed by atoms with van der Waals surface area (Å²) in [6.45, 7) is 9.85. The Bertz CT molecular complexity index is 235. The monoisotopic (exact) mass is 244 g/mol. The molecular weight excluding hydrogens is 220 g/mol. The predicted octanol–water partition coefficient (Wildman–Crippen LogP) is 1.18. The van der Waals surface area contributed by atoms with E-state index in [0.29, 0.717) is 10.7 Å². The highest BCUT2D eigenvalue weighted by molar-refractivity contribution is 8.00. The van der Waals surface area contributed by atoms with Crippen molar-refractivity contribution in [2.45, 2.75) is 31.1 Å². The molecule has 0 saturated carbocycles. The van der Waals surface area contributed by atoms with E-state index in [1.165, 1.54) is 25.3 Å². The average molecular weight is 244 g/mol. The van der Waals surface area contributed by atoms with E-state index in [9.17, 15) is 0 Å². The Kier molecular flexibility index (Phi) is 4.16. The molecule has 0 aromatic heterocycles. The van der Waals surface area contributed by atoms with Crippen molar-refractivity contribution in [1.29, 1.82) is 0 Å². The van der Waals surface area contributed by atoms with Crippen LogP contribution in [0.3, 0.4) is 0 Å². The highest BCUT2D eigenvalue weighted by Gasteiger charge is 2.29. The second kappa shape index (κ2) is 5.25. The predicted molar refractivity (Wildman–Crippen MR) is 69.9 cm³/mol. The molecule has 0 amide bonds. The van der Waals surface area contributed by atoms with Gasteiger partial charge in [0.25, 0.3) is 0 Å². The van der Waals surface area contributed by atoms with Gasteiger partial charge < -0.3 is 15.4 Å². The molecule has 94 valence electrons. The second-order valence-electron chi connectivity index (χ2n) is 5.62. The van der Waals surface area contributed by atoms with E-state index in [2.05, 4.69) is 30.5 Å². The van der Waals surface area contributed by atoms with Crippen molar-refractivity contribution in [2.24, 2.45) is 11.7 Å². The van der Waals surface area contributed by atoms with Crippen LogP contribution in [0.1, 0.15) is 20.3 Å². The van der Waals surface area contributed by atoms with Crippen molar-refractivity contribution in [2.75, 3.05) is 38.6 Å². The first-order chi connectivity index (χ1) is 7.57. The third kappa shape index (κ3) is 3.36. The van der Waals surface area contributed by atoms with Gasteiger partial charge in [-0.15, -0.1) is 0 Å². The lowest BCUT2D eigenvalue weighted by Gasteiger charge is -2.25. The van der Waals surface area contributed by atoms with Crippen LogP contribution >= 0.6 is 11.8 Å². The molecule has 0 bridgehead atoms. The minimum atomic E-state index is 0.254. The van der Waals surface area contributed by atoms with Crippen LogP contribution in [-0.2, 0) is 4.74 Å². The van der Waals surface area contributed by atoms with E-state index >= 15 is 0 Å². The normalized spacial score (nSPS) is 36.2. The first kappa shape index (κ1) is 12.7. The highest BCUT2D eigenvalue weighted by atomic mass is 32.2. The Morgan fingerprint density at radius 3 is 2.88 bits per heavy atom. The van der Waals surface area contributed by atoms with Crippen molar-refractivity contribution in [1.82, 2.24) is 4.90 Å². The Labute approximate surface area is 103 Å². The molecule has 2 fully saturated rings. The molecule has 0 aromatic rings. The standard InChI is InChI=1S/C12H24N2OS/c1-12(2)3-4-14(5-6-16-12)7-10-8-15-9-11(10)13/h10-11H,3-9,13H2,1-2H3. The number of nitrogens with zero attached hydrogens (tertiary/aromatic N) is 1. The summed E-state index contributed by atoms with van der Waals surface area (Å²) < 4.78 is 5.87. The van der Waals surface area contributed by atoms with Gasteiger partial charge in [-0.1, -0.05) is 13.8 Å². The van der Waals surface area contributed by atoms with Gasteiger partial charge in [-0.05, 0) is 13.0 Å². The second-order valence-corrected chi connectivity index (χ2v) is 7.42. The number of rotatable bonds is 2. The zero-order valence-corrected chi connectivity index (χ0v) is 11.3. The van der Waals surface area contributed by atoms with Crippen LogP contribution in [0.15, 0.2) is 0 Å². The lowest BCUT2D eigenvalue weighted by atomic mass is 10.0. The summed E-state index contributed by atoms with van der Waals surface area (Å²) >= 11 is 2.10. The number of thioether (sulfide) groups is 1. The zero-order chi connectivity index (χ0) is 11.6. The molecule has 2 N–H and O–H groups in total. The fraction of sp³-hybridized carbons (Fsp3) is 1.00. The van der Waals surface area contributed by atoms with Crippen molar-refractivity contribution in [3.8, 4) is 0 Å². The molecular formula is C12H24N2OS. The molecule has 2 aliphatic heterocycles. The largest absolute Gasteiger partial charge is 0.379 e. The maximum absolute atomic E-state index is 6.03. The molecule has 2 heterocycles. The van der Waals surface area contributed by atoms with Crippen LogP contribution in [0.25, 0.3) is 0 Å². The van der Waals surface area contributed by atoms with E-state index in [-0.39, 0.29) is 6.04 Å². The van der Waals surface area contributed by atoms with Gasteiger partial charge in [0, 0.05) is 35.5 Å². The van der Waals surface area contributed by atoms with Crippen LogP contribution in [0, 0.1) is 5.92 Å². The number of hydrogen-bond donors (Lipinski definition) is 1. The lowest BCUT2D eigenvalue weighted by Crippen LogP contribution is -2.39. The number of hydrogen-bond acceptors (Lipinski definition) is 4. The number of nitrogens with two attached hydrogens (primary N) is 1. The average Bonchev–Trinajstić information content (AvgIpc) is 2.52. The molecule has 0 radical (unpaired) electrons. The molecule has 2 aliphatic rings. The maximum atomic E-state index is 6.03. The first-order valence-electron chi connectivity index (χ1n) is 6.26. The highest BCUT2D eigenvalue weighted by Crippen LogP contribution is 2.31. The molecule has 4 heteroatoms. The van der Waals surface area contributed by atoms with Gasteiger partial charge >= 0.3 is 0 Å². The quantitative estimate of drug-likeness (QED) is 0.791. The maximum Gasteiger partial charge on any atom is 0.0621 e. The van der Waals surface area contributed by atoms with Gasteiger partial charge in [-0.25, -0.2) is 0 Å². The molecule has 2 rings (SSSR count). The van der Waals surface area contributed by atoms with E-state index < -0.39 is 0 Å². The summed E-state index contributed by atoms with van der Waals surface area (Å²) in [6.07, 6.45) is 1.28. The third-order valence-corrected chi connectivity index (χ3v) is 5.04. The molecule has 0 aromatic carbocycles.